The Morgan fingerprint density at radius 2 is 2.24 bits per heavy atom. The molecule has 2 aromatic rings. The van der Waals surface area contributed by atoms with E-state index < -0.39 is 18.0 Å². The highest BCUT2D eigenvalue weighted by molar-refractivity contribution is 5.73. The molecule has 0 aliphatic carbocycles. The largest absolute Gasteiger partial charge is 0.472 e. The van der Waals surface area contributed by atoms with Gasteiger partial charge in [-0.25, -0.2) is 4.79 Å². The molecule has 0 saturated heterocycles. The summed E-state index contributed by atoms with van der Waals surface area (Å²) in [7, 11) is 0. The zero-order valence-electron chi connectivity index (χ0n) is 11.2. The van der Waals surface area contributed by atoms with Gasteiger partial charge in [0.25, 0.3) is 0 Å². The van der Waals surface area contributed by atoms with Crippen LogP contribution in [0.4, 0.5) is 18.0 Å². The number of unbranched alkanes of at least 4 members (excludes halogenated alkanes) is 1. The molecule has 5 nitrogen and oxygen atoms in total. The molecule has 114 valence electrons. The fraction of sp³-hybridized carbons (Fsp3) is 0.385. The molecule has 0 fully saturated rings. The SMILES string of the molecule is CCCCOC(=O)n1cc(-c2ccoc2)c(C(F)(F)F)n1. The summed E-state index contributed by atoms with van der Waals surface area (Å²) in [5.74, 6) is 0. The monoisotopic (exact) mass is 302 g/mol. The maximum Gasteiger partial charge on any atom is 0.435 e. The quantitative estimate of drug-likeness (QED) is 0.802. The van der Waals surface area contributed by atoms with Crippen LogP contribution in [0.5, 0.6) is 0 Å². The first-order valence-electron chi connectivity index (χ1n) is 6.30. The van der Waals surface area contributed by atoms with Gasteiger partial charge in [-0.1, -0.05) is 13.3 Å². The maximum atomic E-state index is 13.0. The molecule has 8 heteroatoms. The molecule has 2 heterocycles. The average molecular weight is 302 g/mol. The van der Waals surface area contributed by atoms with Crippen LogP contribution in [0, 0.1) is 0 Å². The van der Waals surface area contributed by atoms with Crippen LogP contribution in [0.1, 0.15) is 25.5 Å². The highest BCUT2D eigenvalue weighted by atomic mass is 19.4. The smallest absolute Gasteiger partial charge is 0.435 e. The molecule has 21 heavy (non-hydrogen) atoms. The van der Waals surface area contributed by atoms with Crippen LogP contribution in [-0.2, 0) is 10.9 Å². The van der Waals surface area contributed by atoms with E-state index >= 15 is 0 Å². The Balaban J connectivity index is 2.31. The fourth-order valence-corrected chi connectivity index (χ4v) is 1.68. The summed E-state index contributed by atoms with van der Waals surface area (Å²) >= 11 is 0. The van der Waals surface area contributed by atoms with E-state index in [2.05, 4.69) is 5.10 Å². The summed E-state index contributed by atoms with van der Waals surface area (Å²) in [6, 6.07) is 1.36. The standard InChI is InChI=1S/C13H13F3N2O3/c1-2-3-5-21-12(19)18-7-10(9-4-6-20-8-9)11(17-18)13(14,15)16/h4,6-8H,2-3,5H2,1H3. The van der Waals surface area contributed by atoms with Crippen LogP contribution >= 0.6 is 0 Å². The third kappa shape index (κ3) is 3.45. The number of hydrogen-bond donors (Lipinski definition) is 0. The number of aromatic nitrogens is 2. The fourth-order valence-electron chi connectivity index (χ4n) is 1.68. The Kier molecular flexibility index (Phi) is 4.35. The molecule has 0 amide bonds. The number of carbonyl (C=O) groups is 1. The molecule has 2 aromatic heterocycles. The molecule has 0 saturated carbocycles. The van der Waals surface area contributed by atoms with Crippen LogP contribution in [0.25, 0.3) is 11.1 Å². The molecule has 0 aliphatic rings. The molecule has 0 aliphatic heterocycles. The number of carbonyl (C=O) groups excluding carboxylic acids is 1. The van der Waals surface area contributed by atoms with Gasteiger partial charge >= 0.3 is 12.3 Å². The van der Waals surface area contributed by atoms with Crippen molar-refractivity contribution >= 4 is 6.09 Å². The Morgan fingerprint density at radius 3 is 2.81 bits per heavy atom. The van der Waals surface area contributed by atoms with Crippen molar-refractivity contribution in [3.63, 3.8) is 0 Å². The third-order valence-corrected chi connectivity index (χ3v) is 2.73. The normalized spacial score (nSPS) is 11.6. The average Bonchev–Trinajstić information content (AvgIpc) is 3.07. The minimum Gasteiger partial charge on any atom is -0.472 e. The molecule has 0 radical (unpaired) electrons. The second kappa shape index (κ2) is 6.02. The highest BCUT2D eigenvalue weighted by Crippen LogP contribution is 2.36. The molecule has 0 N–H and O–H groups in total. The van der Waals surface area contributed by atoms with Crippen molar-refractivity contribution in [2.24, 2.45) is 0 Å². The van der Waals surface area contributed by atoms with E-state index in [9.17, 15) is 18.0 Å². The van der Waals surface area contributed by atoms with Crippen molar-refractivity contribution in [1.29, 1.82) is 0 Å². The van der Waals surface area contributed by atoms with Gasteiger partial charge in [-0.05, 0) is 12.5 Å². The Labute approximate surface area is 118 Å². The van der Waals surface area contributed by atoms with Gasteiger partial charge in [-0.15, -0.1) is 0 Å². The van der Waals surface area contributed by atoms with E-state index in [0.717, 1.165) is 18.9 Å². The van der Waals surface area contributed by atoms with Gasteiger partial charge in [0, 0.05) is 17.3 Å². The molecule has 0 bridgehead atoms. The summed E-state index contributed by atoms with van der Waals surface area (Å²) in [4.78, 5) is 11.7. The summed E-state index contributed by atoms with van der Waals surface area (Å²) in [6.07, 6.45) is -0.799. The first-order chi connectivity index (χ1) is 9.93. The highest BCUT2D eigenvalue weighted by Gasteiger charge is 2.38. The Hall–Kier alpha value is -2.25. The van der Waals surface area contributed by atoms with Crippen molar-refractivity contribution in [3.8, 4) is 11.1 Å². The maximum absolute atomic E-state index is 13.0. The molecule has 0 unspecified atom stereocenters. The predicted molar refractivity (Wildman–Crippen MR) is 66.6 cm³/mol. The summed E-state index contributed by atoms with van der Waals surface area (Å²) in [5.41, 5.74) is -1.20. The van der Waals surface area contributed by atoms with Crippen LogP contribution in [0.15, 0.2) is 29.2 Å². The minimum absolute atomic E-state index is 0.136. The topological polar surface area (TPSA) is 57.3 Å². The van der Waals surface area contributed by atoms with Crippen LogP contribution < -0.4 is 0 Å². The first kappa shape index (κ1) is 15.1. The Morgan fingerprint density at radius 1 is 1.48 bits per heavy atom. The van der Waals surface area contributed by atoms with Crippen molar-refractivity contribution in [1.82, 2.24) is 9.78 Å². The lowest BCUT2D eigenvalue weighted by molar-refractivity contribution is -0.140. The molecular weight excluding hydrogens is 289 g/mol. The van der Waals surface area contributed by atoms with E-state index in [1.165, 1.54) is 12.3 Å². The van der Waals surface area contributed by atoms with Gasteiger partial charge in [0.1, 0.15) is 0 Å². The number of furan rings is 1. The molecule has 0 aromatic carbocycles. The number of halogens is 3. The van der Waals surface area contributed by atoms with Crippen LogP contribution in [0.2, 0.25) is 0 Å². The van der Waals surface area contributed by atoms with Crippen molar-refractivity contribution in [2.75, 3.05) is 6.61 Å². The Bertz CT molecular complexity index is 603. The van der Waals surface area contributed by atoms with Crippen LogP contribution in [-0.4, -0.2) is 22.5 Å². The van der Waals surface area contributed by atoms with Gasteiger partial charge in [0.15, 0.2) is 5.69 Å². The lowest BCUT2D eigenvalue weighted by Gasteiger charge is -2.04. The van der Waals surface area contributed by atoms with E-state index in [1.807, 2.05) is 6.92 Å². The number of nitrogens with zero attached hydrogens (tertiary/aromatic N) is 2. The second-order valence-electron chi connectivity index (χ2n) is 4.31. The number of hydrogen-bond acceptors (Lipinski definition) is 4. The molecule has 0 spiro atoms. The van der Waals surface area contributed by atoms with E-state index in [4.69, 9.17) is 9.15 Å². The van der Waals surface area contributed by atoms with Gasteiger partial charge in [-0.2, -0.15) is 23.0 Å². The van der Waals surface area contributed by atoms with Crippen molar-refractivity contribution in [3.05, 3.63) is 30.5 Å². The number of ether oxygens (including phenoxy) is 1. The van der Waals surface area contributed by atoms with E-state index in [-0.39, 0.29) is 17.7 Å². The summed E-state index contributed by atoms with van der Waals surface area (Å²) in [6.45, 7) is 2.04. The van der Waals surface area contributed by atoms with Crippen molar-refractivity contribution < 1.29 is 27.1 Å². The molecule has 2 rings (SSSR count). The summed E-state index contributed by atoms with van der Waals surface area (Å²) in [5, 5.41) is 3.29. The zero-order chi connectivity index (χ0) is 15.5. The van der Waals surface area contributed by atoms with Crippen molar-refractivity contribution in [2.45, 2.75) is 25.9 Å². The number of rotatable bonds is 4. The van der Waals surface area contributed by atoms with Gasteiger partial charge in [0.05, 0.1) is 19.1 Å². The predicted octanol–water partition coefficient (Wildman–Crippen LogP) is 3.95. The zero-order valence-corrected chi connectivity index (χ0v) is 11.2. The molecular formula is C13H13F3N2O3. The van der Waals surface area contributed by atoms with Gasteiger partial charge in [0.2, 0.25) is 0 Å². The lowest BCUT2D eigenvalue weighted by Crippen LogP contribution is -2.16. The van der Waals surface area contributed by atoms with E-state index in [1.54, 1.807) is 0 Å². The minimum atomic E-state index is -4.68. The second-order valence-corrected chi connectivity index (χ2v) is 4.31. The molecule has 0 atom stereocenters. The van der Waals surface area contributed by atoms with Crippen LogP contribution in [0.3, 0.4) is 0 Å². The lowest BCUT2D eigenvalue weighted by atomic mass is 10.1. The summed E-state index contributed by atoms with van der Waals surface area (Å²) < 4.78 is 49.1. The van der Waals surface area contributed by atoms with Gasteiger partial charge in [-0.3, -0.25) is 0 Å². The van der Waals surface area contributed by atoms with E-state index in [0.29, 0.717) is 11.1 Å². The number of alkyl halides is 3. The van der Waals surface area contributed by atoms with Gasteiger partial charge < -0.3 is 9.15 Å². The third-order valence-electron chi connectivity index (χ3n) is 2.73. The first-order valence-corrected chi connectivity index (χ1v) is 6.30.